The molecule has 0 atom stereocenters. The molecule has 0 N–H and O–H groups in total. The minimum Gasteiger partial charge on any atom is -0.289 e. The molecule has 0 radical (unpaired) electrons. The van der Waals surface area contributed by atoms with Gasteiger partial charge in [0.1, 0.15) is 0 Å². The van der Waals surface area contributed by atoms with Gasteiger partial charge in [0, 0.05) is 15.4 Å². The minimum absolute atomic E-state index is 0. The Balaban J connectivity index is 0.00000220. The summed E-state index contributed by atoms with van der Waals surface area (Å²) in [6.07, 6.45) is 7.55. The van der Waals surface area contributed by atoms with Crippen molar-refractivity contribution in [1.82, 2.24) is 0 Å². The maximum absolute atomic E-state index is 12.0. The molecule has 0 unspecified atom stereocenters. The number of allylic oxidation sites excluding steroid dienone is 1. The van der Waals surface area contributed by atoms with E-state index >= 15 is 0 Å². The van der Waals surface area contributed by atoms with Crippen molar-refractivity contribution in [2.24, 2.45) is 0 Å². The lowest BCUT2D eigenvalue weighted by Crippen LogP contribution is -1.93. The highest BCUT2D eigenvalue weighted by Crippen LogP contribution is 2.17. The summed E-state index contributed by atoms with van der Waals surface area (Å²) >= 11 is 3.38. The van der Waals surface area contributed by atoms with Crippen molar-refractivity contribution in [2.45, 2.75) is 9.79 Å². The summed E-state index contributed by atoms with van der Waals surface area (Å²) in [6, 6.07) is 15.8. The maximum atomic E-state index is 12.0. The lowest BCUT2D eigenvalue weighted by atomic mass is 10.1. The number of benzene rings is 2. The van der Waals surface area contributed by atoms with Crippen molar-refractivity contribution in [1.29, 1.82) is 0 Å². The van der Waals surface area contributed by atoms with Crippen LogP contribution in [-0.2, 0) is 0 Å². The van der Waals surface area contributed by atoms with Gasteiger partial charge in [-0.15, -0.1) is 35.9 Å². The van der Waals surface area contributed by atoms with Crippen LogP contribution < -0.4 is 0 Å². The van der Waals surface area contributed by atoms with Crippen LogP contribution in [0.1, 0.15) is 15.9 Å². The van der Waals surface area contributed by atoms with Gasteiger partial charge >= 0.3 is 0 Å². The van der Waals surface area contributed by atoms with E-state index in [1.807, 2.05) is 55.0 Å². The molecule has 0 aliphatic heterocycles. The van der Waals surface area contributed by atoms with E-state index in [0.29, 0.717) is 0 Å². The molecular weight excluding hydrogens is 320 g/mol. The van der Waals surface area contributed by atoms with Crippen LogP contribution in [0, 0.1) is 0 Å². The summed E-state index contributed by atoms with van der Waals surface area (Å²) in [5.74, 6) is 0.0339. The quantitative estimate of drug-likeness (QED) is 0.410. The normalized spacial score (nSPS) is 10.4. The van der Waals surface area contributed by atoms with Crippen molar-refractivity contribution in [3.63, 3.8) is 0 Å². The van der Waals surface area contributed by atoms with Gasteiger partial charge in [-0.25, -0.2) is 0 Å². The highest BCUT2D eigenvalue weighted by molar-refractivity contribution is 7.98. The molecule has 0 heterocycles. The second kappa shape index (κ2) is 8.98. The van der Waals surface area contributed by atoms with E-state index in [4.69, 9.17) is 0 Å². The van der Waals surface area contributed by atoms with Crippen LogP contribution in [0.5, 0.6) is 0 Å². The van der Waals surface area contributed by atoms with Crippen molar-refractivity contribution in [3.8, 4) is 0 Å². The summed E-state index contributed by atoms with van der Waals surface area (Å²) in [5.41, 5.74) is 1.76. The Morgan fingerprint density at radius 2 is 1.33 bits per heavy atom. The topological polar surface area (TPSA) is 17.1 Å². The first-order valence-corrected chi connectivity index (χ1v) is 8.68. The van der Waals surface area contributed by atoms with Crippen LogP contribution in [0.15, 0.2) is 64.4 Å². The smallest absolute Gasteiger partial charge is 0.185 e. The molecule has 2 aromatic carbocycles. The number of rotatable bonds is 5. The lowest BCUT2D eigenvalue weighted by Gasteiger charge is -1.99. The first kappa shape index (κ1) is 17.9. The van der Waals surface area contributed by atoms with Crippen LogP contribution in [0.25, 0.3) is 6.08 Å². The van der Waals surface area contributed by atoms with Gasteiger partial charge in [-0.05, 0) is 60.5 Å². The number of carbonyl (C=O) groups excluding carboxylic acids is 1. The molecule has 0 saturated carbocycles. The largest absolute Gasteiger partial charge is 0.289 e. The summed E-state index contributed by atoms with van der Waals surface area (Å²) in [4.78, 5) is 14.4. The second-order valence-corrected chi connectivity index (χ2v) is 5.96. The number of halogens is 1. The maximum Gasteiger partial charge on any atom is 0.185 e. The number of ketones is 1. The number of hydrogen-bond acceptors (Lipinski definition) is 3. The molecule has 2 aromatic rings. The van der Waals surface area contributed by atoms with Gasteiger partial charge in [-0.2, -0.15) is 0 Å². The average Bonchev–Trinajstić information content (AvgIpc) is 2.53. The van der Waals surface area contributed by atoms with E-state index in [-0.39, 0.29) is 18.2 Å². The van der Waals surface area contributed by atoms with Gasteiger partial charge in [-0.1, -0.05) is 18.2 Å². The molecular formula is C17H17ClOS2. The van der Waals surface area contributed by atoms with Gasteiger partial charge < -0.3 is 0 Å². The Morgan fingerprint density at radius 1 is 0.857 bits per heavy atom. The van der Waals surface area contributed by atoms with E-state index in [2.05, 4.69) is 12.1 Å². The first-order chi connectivity index (χ1) is 9.72. The van der Waals surface area contributed by atoms with Gasteiger partial charge in [0.05, 0.1) is 0 Å². The molecule has 0 fully saturated rings. The summed E-state index contributed by atoms with van der Waals surface area (Å²) < 4.78 is 0. The van der Waals surface area contributed by atoms with E-state index in [1.54, 1.807) is 29.6 Å². The predicted molar refractivity (Wildman–Crippen MR) is 97.1 cm³/mol. The van der Waals surface area contributed by atoms with Crippen molar-refractivity contribution < 1.29 is 4.79 Å². The highest BCUT2D eigenvalue weighted by Gasteiger charge is 2.01. The van der Waals surface area contributed by atoms with E-state index in [0.717, 1.165) is 16.0 Å². The van der Waals surface area contributed by atoms with Crippen LogP contribution in [0.3, 0.4) is 0 Å². The number of thioether (sulfide) groups is 2. The van der Waals surface area contributed by atoms with Crippen molar-refractivity contribution in [2.75, 3.05) is 12.5 Å². The summed E-state index contributed by atoms with van der Waals surface area (Å²) in [7, 11) is 0. The Morgan fingerprint density at radius 3 is 1.81 bits per heavy atom. The average molecular weight is 337 g/mol. The first-order valence-electron chi connectivity index (χ1n) is 6.23. The SMILES string of the molecule is CSc1ccc(/C=C/C(=O)c2ccc(SC)cc2)cc1.Cl. The molecule has 0 aliphatic carbocycles. The lowest BCUT2D eigenvalue weighted by molar-refractivity contribution is 0.104. The molecule has 21 heavy (non-hydrogen) atoms. The van der Waals surface area contributed by atoms with E-state index in [9.17, 15) is 4.79 Å². The third-order valence-electron chi connectivity index (χ3n) is 2.92. The molecule has 0 bridgehead atoms. The summed E-state index contributed by atoms with van der Waals surface area (Å²) in [6.45, 7) is 0. The molecule has 0 spiro atoms. The molecule has 0 aromatic heterocycles. The predicted octanol–water partition coefficient (Wildman–Crippen LogP) is 5.45. The fourth-order valence-electron chi connectivity index (χ4n) is 1.74. The van der Waals surface area contributed by atoms with Crippen LogP contribution in [0.2, 0.25) is 0 Å². The molecule has 0 saturated heterocycles. The van der Waals surface area contributed by atoms with Crippen LogP contribution >= 0.6 is 35.9 Å². The van der Waals surface area contributed by atoms with Gasteiger partial charge in [0.15, 0.2) is 5.78 Å². The van der Waals surface area contributed by atoms with Gasteiger partial charge in [0.2, 0.25) is 0 Å². The van der Waals surface area contributed by atoms with Crippen LogP contribution in [-0.4, -0.2) is 18.3 Å². The Labute approximate surface area is 140 Å². The molecule has 2 rings (SSSR count). The molecule has 1 nitrogen and oxygen atoms in total. The number of carbonyl (C=O) groups is 1. The van der Waals surface area contributed by atoms with E-state index in [1.165, 1.54) is 4.90 Å². The molecule has 110 valence electrons. The van der Waals surface area contributed by atoms with Crippen molar-refractivity contribution >= 4 is 47.8 Å². The van der Waals surface area contributed by atoms with Gasteiger partial charge in [-0.3, -0.25) is 4.79 Å². The summed E-state index contributed by atoms with van der Waals surface area (Å²) in [5, 5.41) is 0. The minimum atomic E-state index is 0. The second-order valence-electron chi connectivity index (χ2n) is 4.20. The standard InChI is InChI=1S/C17H16OS2.ClH/c1-19-15-8-3-13(4-9-15)5-12-17(18)14-6-10-16(20-2)11-7-14;/h3-12H,1-2H3;1H/b12-5+;. The molecule has 0 aliphatic rings. The third kappa shape index (κ3) is 5.27. The fourth-order valence-corrected chi connectivity index (χ4v) is 2.55. The molecule has 4 heteroatoms. The molecule has 0 amide bonds. The monoisotopic (exact) mass is 336 g/mol. The zero-order chi connectivity index (χ0) is 14.4. The Bertz CT molecular complexity index is 604. The Hall–Kier alpha value is -1.16. The van der Waals surface area contributed by atoms with Crippen LogP contribution in [0.4, 0.5) is 0 Å². The van der Waals surface area contributed by atoms with Gasteiger partial charge in [0.25, 0.3) is 0 Å². The zero-order valence-corrected chi connectivity index (χ0v) is 14.4. The highest BCUT2D eigenvalue weighted by atomic mass is 35.5. The van der Waals surface area contributed by atoms with E-state index < -0.39 is 0 Å². The zero-order valence-electron chi connectivity index (χ0n) is 11.9. The van der Waals surface area contributed by atoms with Crippen molar-refractivity contribution in [3.05, 3.63) is 65.7 Å². The Kier molecular flexibility index (Phi) is 7.65. The number of hydrogen-bond donors (Lipinski definition) is 0. The third-order valence-corrected chi connectivity index (χ3v) is 4.40. The fraction of sp³-hybridized carbons (Fsp3) is 0.118.